The molecule has 25 heavy (non-hydrogen) atoms. The number of carbonyl (C=O) groups excluding carboxylic acids is 2. The number of para-hydroxylation sites is 1. The van der Waals surface area contributed by atoms with E-state index in [-0.39, 0.29) is 18.9 Å². The van der Waals surface area contributed by atoms with E-state index in [0.717, 1.165) is 22.6 Å². The van der Waals surface area contributed by atoms with Gasteiger partial charge in [0, 0.05) is 11.3 Å². The molecule has 0 saturated heterocycles. The Kier molecular flexibility index (Phi) is 5.62. The molecule has 0 aliphatic rings. The van der Waals surface area contributed by atoms with Crippen LogP contribution in [0.5, 0.6) is 0 Å². The molecule has 1 aromatic heterocycles. The molecule has 2 aromatic rings. The zero-order valence-electron chi connectivity index (χ0n) is 15.4. The highest BCUT2D eigenvalue weighted by Gasteiger charge is 2.19. The Bertz CT molecular complexity index is 758. The Morgan fingerprint density at radius 2 is 1.80 bits per heavy atom. The van der Waals surface area contributed by atoms with Gasteiger partial charge in [0.05, 0.1) is 17.8 Å². The Morgan fingerprint density at radius 1 is 1.16 bits per heavy atom. The molecule has 6 heteroatoms. The second-order valence-electron chi connectivity index (χ2n) is 6.94. The van der Waals surface area contributed by atoms with Gasteiger partial charge in [0.15, 0.2) is 0 Å². The molecule has 0 fully saturated rings. The van der Waals surface area contributed by atoms with E-state index in [0.29, 0.717) is 0 Å². The molecule has 0 radical (unpaired) electrons. The van der Waals surface area contributed by atoms with Gasteiger partial charge in [-0.3, -0.25) is 9.59 Å². The van der Waals surface area contributed by atoms with Crippen LogP contribution in [0.25, 0.3) is 5.69 Å². The SMILES string of the molecule is Cc1nn(-c2ccccc2)c(C)c1CC(=O)NCC(=O)OC(C)(C)C. The first-order valence-corrected chi connectivity index (χ1v) is 8.26. The Hall–Kier alpha value is -2.63. The first-order chi connectivity index (χ1) is 11.7. The number of benzene rings is 1. The zero-order valence-corrected chi connectivity index (χ0v) is 15.4. The van der Waals surface area contributed by atoms with Crippen LogP contribution in [-0.4, -0.2) is 33.8 Å². The first kappa shape index (κ1) is 18.7. The average Bonchev–Trinajstić information content (AvgIpc) is 2.80. The van der Waals surface area contributed by atoms with Gasteiger partial charge in [0.2, 0.25) is 5.91 Å². The molecule has 0 saturated carbocycles. The van der Waals surface area contributed by atoms with Crippen LogP contribution in [0.1, 0.15) is 37.7 Å². The third-order valence-corrected chi connectivity index (χ3v) is 3.63. The molecule has 0 aliphatic heterocycles. The lowest BCUT2D eigenvalue weighted by Gasteiger charge is -2.19. The number of aryl methyl sites for hydroxylation is 1. The highest BCUT2D eigenvalue weighted by atomic mass is 16.6. The fraction of sp³-hybridized carbons (Fsp3) is 0.421. The average molecular weight is 343 g/mol. The number of hydrogen-bond donors (Lipinski definition) is 1. The maximum absolute atomic E-state index is 12.2. The molecular formula is C19H25N3O3. The lowest BCUT2D eigenvalue weighted by Crippen LogP contribution is -2.35. The van der Waals surface area contributed by atoms with Crippen molar-refractivity contribution in [2.75, 3.05) is 6.54 Å². The van der Waals surface area contributed by atoms with Crippen molar-refractivity contribution in [3.05, 3.63) is 47.3 Å². The number of ether oxygens (including phenoxy) is 1. The summed E-state index contributed by atoms with van der Waals surface area (Å²) in [5.41, 5.74) is 2.96. The quantitative estimate of drug-likeness (QED) is 0.847. The molecule has 0 atom stereocenters. The van der Waals surface area contributed by atoms with Gasteiger partial charge in [-0.1, -0.05) is 18.2 Å². The predicted octanol–water partition coefficient (Wildman–Crippen LogP) is 2.49. The third kappa shape index (κ3) is 5.17. The zero-order chi connectivity index (χ0) is 18.6. The van der Waals surface area contributed by atoms with Gasteiger partial charge in [-0.25, -0.2) is 4.68 Å². The lowest BCUT2D eigenvalue weighted by atomic mass is 10.1. The minimum Gasteiger partial charge on any atom is -0.459 e. The van der Waals surface area contributed by atoms with Crippen LogP contribution in [0.2, 0.25) is 0 Å². The van der Waals surface area contributed by atoms with Crippen molar-refractivity contribution in [1.82, 2.24) is 15.1 Å². The van der Waals surface area contributed by atoms with Gasteiger partial charge in [-0.15, -0.1) is 0 Å². The van der Waals surface area contributed by atoms with Gasteiger partial charge < -0.3 is 10.1 Å². The van der Waals surface area contributed by atoms with Crippen LogP contribution in [0, 0.1) is 13.8 Å². The molecular weight excluding hydrogens is 318 g/mol. The number of carbonyl (C=O) groups is 2. The Morgan fingerprint density at radius 3 is 2.40 bits per heavy atom. The summed E-state index contributed by atoms with van der Waals surface area (Å²) < 4.78 is 7.00. The Labute approximate surface area is 148 Å². The van der Waals surface area contributed by atoms with Gasteiger partial charge in [0.25, 0.3) is 0 Å². The number of esters is 1. The summed E-state index contributed by atoms with van der Waals surface area (Å²) in [7, 11) is 0. The van der Waals surface area contributed by atoms with Crippen molar-refractivity contribution in [2.45, 2.75) is 46.6 Å². The Balaban J connectivity index is 2.02. The van der Waals surface area contributed by atoms with Gasteiger partial charge in [-0.05, 0) is 46.8 Å². The smallest absolute Gasteiger partial charge is 0.325 e. The van der Waals surface area contributed by atoms with E-state index in [1.807, 2.05) is 48.9 Å². The number of hydrogen-bond acceptors (Lipinski definition) is 4. The lowest BCUT2D eigenvalue weighted by molar-refractivity contribution is -0.154. The highest BCUT2D eigenvalue weighted by Crippen LogP contribution is 2.18. The summed E-state index contributed by atoms with van der Waals surface area (Å²) in [6, 6.07) is 9.76. The summed E-state index contributed by atoms with van der Waals surface area (Å²) in [6.07, 6.45) is 0.174. The van der Waals surface area contributed by atoms with E-state index in [1.54, 1.807) is 20.8 Å². The number of aromatic nitrogens is 2. The minimum atomic E-state index is -0.564. The third-order valence-electron chi connectivity index (χ3n) is 3.63. The number of nitrogens with zero attached hydrogens (tertiary/aromatic N) is 2. The molecule has 1 N–H and O–H groups in total. The monoisotopic (exact) mass is 343 g/mol. The van der Waals surface area contributed by atoms with Crippen molar-refractivity contribution in [1.29, 1.82) is 0 Å². The minimum absolute atomic E-state index is 0.138. The number of rotatable bonds is 5. The van der Waals surface area contributed by atoms with E-state index < -0.39 is 11.6 Å². The molecule has 1 amide bonds. The fourth-order valence-electron chi connectivity index (χ4n) is 2.52. The predicted molar refractivity (Wildman–Crippen MR) is 95.6 cm³/mol. The molecule has 0 aliphatic carbocycles. The summed E-state index contributed by atoms with van der Waals surface area (Å²) in [4.78, 5) is 23.9. The van der Waals surface area contributed by atoms with E-state index in [9.17, 15) is 9.59 Å². The summed E-state index contributed by atoms with van der Waals surface area (Å²) in [5.74, 6) is -0.682. The van der Waals surface area contributed by atoms with Gasteiger partial charge >= 0.3 is 5.97 Å². The fourth-order valence-corrected chi connectivity index (χ4v) is 2.52. The molecule has 2 rings (SSSR count). The van der Waals surface area contributed by atoms with Gasteiger partial charge in [0.1, 0.15) is 12.1 Å². The van der Waals surface area contributed by atoms with Crippen molar-refractivity contribution in [2.24, 2.45) is 0 Å². The first-order valence-electron chi connectivity index (χ1n) is 8.26. The van der Waals surface area contributed by atoms with Crippen LogP contribution < -0.4 is 5.32 Å². The highest BCUT2D eigenvalue weighted by molar-refractivity contribution is 5.83. The van der Waals surface area contributed by atoms with Crippen LogP contribution >= 0.6 is 0 Å². The number of amides is 1. The molecule has 0 unspecified atom stereocenters. The molecule has 0 bridgehead atoms. The van der Waals surface area contributed by atoms with E-state index in [2.05, 4.69) is 10.4 Å². The molecule has 0 spiro atoms. The van der Waals surface area contributed by atoms with Crippen molar-refractivity contribution < 1.29 is 14.3 Å². The largest absolute Gasteiger partial charge is 0.459 e. The van der Waals surface area contributed by atoms with Crippen LogP contribution in [0.3, 0.4) is 0 Å². The van der Waals surface area contributed by atoms with E-state index in [1.165, 1.54) is 0 Å². The summed E-state index contributed by atoms with van der Waals surface area (Å²) >= 11 is 0. The van der Waals surface area contributed by atoms with E-state index >= 15 is 0 Å². The van der Waals surface area contributed by atoms with Crippen molar-refractivity contribution in [3.8, 4) is 5.69 Å². The topological polar surface area (TPSA) is 73.2 Å². The van der Waals surface area contributed by atoms with Gasteiger partial charge in [-0.2, -0.15) is 5.10 Å². The molecule has 1 heterocycles. The molecule has 134 valence electrons. The maximum atomic E-state index is 12.2. The summed E-state index contributed by atoms with van der Waals surface area (Å²) in [5, 5.41) is 7.13. The van der Waals surface area contributed by atoms with Crippen LogP contribution in [0.4, 0.5) is 0 Å². The van der Waals surface area contributed by atoms with E-state index in [4.69, 9.17) is 4.74 Å². The molecule has 6 nitrogen and oxygen atoms in total. The van der Waals surface area contributed by atoms with Crippen molar-refractivity contribution in [3.63, 3.8) is 0 Å². The van der Waals surface area contributed by atoms with Crippen molar-refractivity contribution >= 4 is 11.9 Å². The van der Waals surface area contributed by atoms with Crippen LogP contribution in [0.15, 0.2) is 30.3 Å². The standard InChI is InChI=1S/C19H25N3O3/c1-13-16(11-17(23)20-12-18(24)25-19(3,4)5)14(2)22(21-13)15-9-7-6-8-10-15/h6-10H,11-12H2,1-5H3,(H,20,23). The van der Waals surface area contributed by atoms with Crippen LogP contribution in [-0.2, 0) is 20.7 Å². The summed E-state index contributed by atoms with van der Waals surface area (Å²) in [6.45, 7) is 9.04. The maximum Gasteiger partial charge on any atom is 0.325 e. The number of nitrogens with one attached hydrogen (secondary N) is 1. The molecule has 1 aromatic carbocycles. The normalized spacial score (nSPS) is 11.2. The second-order valence-corrected chi connectivity index (χ2v) is 6.94. The second kappa shape index (κ2) is 7.51.